The van der Waals surface area contributed by atoms with Gasteiger partial charge in [0, 0.05) is 28.5 Å². The second kappa shape index (κ2) is 13.3. The number of hydrogen-bond donors (Lipinski definition) is 0. The van der Waals surface area contributed by atoms with Crippen LogP contribution in [0.15, 0.2) is 143 Å². The summed E-state index contributed by atoms with van der Waals surface area (Å²) in [4.78, 5) is 2.96. The summed E-state index contributed by atoms with van der Waals surface area (Å²) in [6.07, 6.45) is 44.5. The predicted octanol–water partition coefficient (Wildman–Crippen LogP) is 13.5. The molecule has 0 saturated carbocycles. The summed E-state index contributed by atoms with van der Waals surface area (Å²) in [5.74, 6) is 0.884. The fraction of sp³-hybridized carbons (Fsp3) is 0.423. The van der Waals surface area contributed by atoms with Crippen molar-refractivity contribution >= 4 is 16.8 Å². The van der Waals surface area contributed by atoms with Crippen LogP contribution in [0, 0.1) is 17.3 Å². The SMILES string of the molecule is CC1(C)C2=C(CCC=C2)C2=C1CC(N(c1ccc(C3=CCCCC3)cc1)C1C=CC=CC1C1(C3CC=CCC3)C3=C(CCC=C3)c3ccccc31)CC2. The Morgan fingerprint density at radius 2 is 1.49 bits per heavy atom. The Morgan fingerprint density at radius 1 is 0.679 bits per heavy atom. The summed E-state index contributed by atoms with van der Waals surface area (Å²) in [5, 5.41) is 0. The quantitative estimate of drug-likeness (QED) is 0.272. The number of fused-ring (bicyclic) bond motifs is 3. The van der Waals surface area contributed by atoms with Gasteiger partial charge in [0.1, 0.15) is 0 Å². The zero-order valence-corrected chi connectivity index (χ0v) is 32.1. The first-order valence-electron chi connectivity index (χ1n) is 21.3. The summed E-state index contributed by atoms with van der Waals surface area (Å²) in [6, 6.07) is 20.3. The first-order chi connectivity index (χ1) is 26.1. The maximum atomic E-state index is 2.96. The molecule has 2 aromatic carbocycles. The standard InChI is InChI=1S/C52H57N/c1-51(2)45-24-12-9-21-41(45)44-34-33-40(35-49(44)51)53(39-31-29-37(30-32-39)36-17-5-3-6-18-36)50-28-16-15-27-48(50)52(38-19-7-4-8-20-38)46-25-13-10-22-42(46)43-23-11-14-26-47(43)52/h4,7,10,12-17,22,24-32,38,40,48,50H,3,5-6,8-9,11,18-21,23,33-35H2,1-2H3. The molecule has 0 N–H and O–H groups in total. The second-order valence-corrected chi connectivity index (χ2v) is 17.8. The topological polar surface area (TPSA) is 3.24 Å². The molecule has 53 heavy (non-hydrogen) atoms. The lowest BCUT2D eigenvalue weighted by molar-refractivity contribution is 0.211. The normalized spacial score (nSPS) is 31.0. The van der Waals surface area contributed by atoms with Gasteiger partial charge in [-0.05, 0) is 158 Å². The van der Waals surface area contributed by atoms with Crippen LogP contribution in [0.4, 0.5) is 5.69 Å². The smallest absolute Gasteiger partial charge is 0.0554 e. The highest BCUT2D eigenvalue weighted by Crippen LogP contribution is 2.62. The molecule has 0 aromatic heterocycles. The van der Waals surface area contributed by atoms with E-state index < -0.39 is 0 Å². The Kier molecular flexibility index (Phi) is 8.42. The fourth-order valence-electron chi connectivity index (χ4n) is 12.6. The van der Waals surface area contributed by atoms with E-state index >= 15 is 0 Å². The Labute approximate surface area is 319 Å². The van der Waals surface area contributed by atoms with Crippen molar-refractivity contribution in [2.45, 2.75) is 121 Å². The summed E-state index contributed by atoms with van der Waals surface area (Å²) in [5.41, 5.74) is 17.6. The predicted molar refractivity (Wildman–Crippen MR) is 225 cm³/mol. The molecule has 5 atom stereocenters. The minimum atomic E-state index is -0.0677. The molecule has 5 unspecified atom stereocenters. The van der Waals surface area contributed by atoms with Crippen LogP contribution in [0.2, 0.25) is 0 Å². The molecule has 270 valence electrons. The van der Waals surface area contributed by atoms with Crippen LogP contribution in [0.25, 0.3) is 11.1 Å². The average molecular weight is 696 g/mol. The lowest BCUT2D eigenvalue weighted by Crippen LogP contribution is -2.55. The zero-order chi connectivity index (χ0) is 35.6. The molecule has 8 aliphatic carbocycles. The lowest BCUT2D eigenvalue weighted by atomic mass is 9.54. The van der Waals surface area contributed by atoms with Crippen molar-refractivity contribution in [2.24, 2.45) is 17.3 Å². The third-order valence-electron chi connectivity index (χ3n) is 14.9. The molecule has 0 heterocycles. The highest BCUT2D eigenvalue weighted by atomic mass is 15.2. The van der Waals surface area contributed by atoms with Gasteiger partial charge in [0.25, 0.3) is 0 Å². The molecule has 0 amide bonds. The van der Waals surface area contributed by atoms with Gasteiger partial charge >= 0.3 is 0 Å². The minimum Gasteiger partial charge on any atom is -0.361 e. The summed E-state index contributed by atoms with van der Waals surface area (Å²) < 4.78 is 0. The maximum absolute atomic E-state index is 2.96. The molecule has 0 aliphatic heterocycles. The molecule has 0 spiro atoms. The van der Waals surface area contributed by atoms with Crippen molar-refractivity contribution in [2.75, 3.05) is 4.90 Å². The van der Waals surface area contributed by atoms with Crippen molar-refractivity contribution in [3.63, 3.8) is 0 Å². The van der Waals surface area contributed by atoms with Gasteiger partial charge in [-0.15, -0.1) is 0 Å². The molecule has 0 bridgehead atoms. The van der Waals surface area contributed by atoms with Crippen LogP contribution in [-0.4, -0.2) is 12.1 Å². The minimum absolute atomic E-state index is 0.0677. The molecule has 1 nitrogen and oxygen atoms in total. The lowest BCUT2D eigenvalue weighted by Gasteiger charge is -2.53. The third-order valence-corrected chi connectivity index (χ3v) is 14.9. The van der Waals surface area contributed by atoms with Crippen molar-refractivity contribution in [1.29, 1.82) is 0 Å². The van der Waals surface area contributed by atoms with E-state index in [2.05, 4.69) is 134 Å². The first kappa shape index (κ1) is 33.5. The van der Waals surface area contributed by atoms with Gasteiger partial charge in [-0.3, -0.25) is 0 Å². The van der Waals surface area contributed by atoms with E-state index in [0.717, 1.165) is 25.7 Å². The van der Waals surface area contributed by atoms with E-state index in [1.165, 1.54) is 81.0 Å². The molecular formula is C52H57N. The van der Waals surface area contributed by atoms with E-state index in [1.54, 1.807) is 44.6 Å². The summed E-state index contributed by atoms with van der Waals surface area (Å²) in [7, 11) is 0. The number of benzene rings is 2. The Morgan fingerprint density at radius 3 is 2.30 bits per heavy atom. The van der Waals surface area contributed by atoms with Crippen molar-refractivity contribution in [3.8, 4) is 0 Å². The molecule has 0 saturated heterocycles. The monoisotopic (exact) mass is 695 g/mol. The maximum Gasteiger partial charge on any atom is 0.0554 e. The molecular weight excluding hydrogens is 639 g/mol. The Balaban J connectivity index is 1.12. The van der Waals surface area contributed by atoms with E-state index in [0.29, 0.717) is 17.9 Å². The highest BCUT2D eigenvalue weighted by Gasteiger charge is 2.56. The van der Waals surface area contributed by atoms with E-state index in [1.807, 2.05) is 0 Å². The molecule has 0 fully saturated rings. The van der Waals surface area contributed by atoms with Crippen molar-refractivity contribution < 1.29 is 0 Å². The van der Waals surface area contributed by atoms with Gasteiger partial charge in [0.05, 0.1) is 6.04 Å². The van der Waals surface area contributed by atoms with Crippen LogP contribution < -0.4 is 4.90 Å². The molecule has 8 aliphatic rings. The van der Waals surface area contributed by atoms with Crippen LogP contribution >= 0.6 is 0 Å². The van der Waals surface area contributed by atoms with E-state index in [4.69, 9.17) is 0 Å². The molecule has 2 aromatic rings. The number of rotatable bonds is 6. The van der Waals surface area contributed by atoms with E-state index in [-0.39, 0.29) is 16.9 Å². The van der Waals surface area contributed by atoms with Gasteiger partial charge in [0.15, 0.2) is 0 Å². The van der Waals surface area contributed by atoms with Crippen LogP contribution in [0.5, 0.6) is 0 Å². The number of nitrogens with zero attached hydrogens (tertiary/aromatic N) is 1. The van der Waals surface area contributed by atoms with Crippen LogP contribution in [0.3, 0.4) is 0 Å². The number of hydrogen-bond acceptors (Lipinski definition) is 1. The molecule has 1 heteroatoms. The second-order valence-electron chi connectivity index (χ2n) is 17.8. The zero-order valence-electron chi connectivity index (χ0n) is 32.1. The number of allylic oxidation sites excluding steroid dienone is 15. The average Bonchev–Trinajstić information content (AvgIpc) is 3.65. The van der Waals surface area contributed by atoms with Gasteiger partial charge in [-0.1, -0.05) is 123 Å². The summed E-state index contributed by atoms with van der Waals surface area (Å²) >= 11 is 0. The molecule has 10 rings (SSSR count). The largest absolute Gasteiger partial charge is 0.361 e. The van der Waals surface area contributed by atoms with Gasteiger partial charge in [-0.2, -0.15) is 0 Å². The summed E-state index contributed by atoms with van der Waals surface area (Å²) in [6.45, 7) is 5.05. The third kappa shape index (κ3) is 5.23. The Hall–Kier alpha value is -4.10. The Bertz CT molecular complexity index is 2080. The van der Waals surface area contributed by atoms with E-state index in [9.17, 15) is 0 Å². The highest BCUT2D eigenvalue weighted by molar-refractivity contribution is 5.84. The van der Waals surface area contributed by atoms with Crippen LogP contribution in [-0.2, 0) is 5.41 Å². The van der Waals surface area contributed by atoms with Gasteiger partial charge < -0.3 is 4.90 Å². The van der Waals surface area contributed by atoms with Crippen LogP contribution in [0.1, 0.15) is 120 Å². The molecule has 0 radical (unpaired) electrons. The first-order valence-corrected chi connectivity index (χ1v) is 21.3. The van der Waals surface area contributed by atoms with Crippen molar-refractivity contribution in [1.82, 2.24) is 0 Å². The van der Waals surface area contributed by atoms with Gasteiger partial charge in [0.2, 0.25) is 0 Å². The fourth-order valence-corrected chi connectivity index (χ4v) is 12.6. The van der Waals surface area contributed by atoms with Gasteiger partial charge in [-0.25, -0.2) is 0 Å². The number of anilines is 1. The van der Waals surface area contributed by atoms with Crippen molar-refractivity contribution in [3.05, 3.63) is 160 Å².